The van der Waals surface area contributed by atoms with E-state index in [-0.39, 0.29) is 17.5 Å². The summed E-state index contributed by atoms with van der Waals surface area (Å²) < 4.78 is 10.7. The molecule has 1 aliphatic carbocycles. The van der Waals surface area contributed by atoms with Crippen molar-refractivity contribution in [3.8, 4) is 11.5 Å². The van der Waals surface area contributed by atoms with Gasteiger partial charge in [0, 0.05) is 12.1 Å². The Bertz CT molecular complexity index is 515. The van der Waals surface area contributed by atoms with Crippen LogP contribution in [0, 0.1) is 5.92 Å². The Morgan fingerprint density at radius 1 is 1.45 bits per heavy atom. The van der Waals surface area contributed by atoms with Crippen LogP contribution in [0.1, 0.15) is 18.4 Å². The van der Waals surface area contributed by atoms with Gasteiger partial charge in [0.2, 0.25) is 0 Å². The molecule has 0 saturated heterocycles. The van der Waals surface area contributed by atoms with Gasteiger partial charge in [-0.15, -0.1) is 0 Å². The summed E-state index contributed by atoms with van der Waals surface area (Å²) in [4.78, 5) is 11.9. The summed E-state index contributed by atoms with van der Waals surface area (Å²) >= 11 is 4.90. The first kappa shape index (κ1) is 14.6. The summed E-state index contributed by atoms with van der Waals surface area (Å²) in [5.41, 5.74) is 6.25. The second-order valence-electron chi connectivity index (χ2n) is 4.77. The number of carbonyl (C=O) groups excluding carboxylic acids is 1. The van der Waals surface area contributed by atoms with Crippen molar-refractivity contribution in [3.05, 3.63) is 23.8 Å². The largest absolute Gasteiger partial charge is 0.493 e. The Hall–Kier alpha value is -1.82. The molecule has 1 aromatic carbocycles. The number of hydrogen-bond acceptors (Lipinski definition) is 4. The molecule has 1 aromatic rings. The van der Waals surface area contributed by atoms with E-state index in [0.717, 1.165) is 6.54 Å². The molecule has 0 aromatic heterocycles. The zero-order valence-corrected chi connectivity index (χ0v) is 12.2. The second-order valence-corrected chi connectivity index (χ2v) is 5.21. The lowest BCUT2D eigenvalue weighted by molar-refractivity contribution is -0.123. The number of carbonyl (C=O) groups is 1. The van der Waals surface area contributed by atoms with Gasteiger partial charge < -0.3 is 20.5 Å². The van der Waals surface area contributed by atoms with Crippen LogP contribution >= 0.6 is 12.2 Å². The molecular weight excluding hydrogens is 276 g/mol. The van der Waals surface area contributed by atoms with Crippen molar-refractivity contribution in [1.29, 1.82) is 0 Å². The molecule has 1 fully saturated rings. The van der Waals surface area contributed by atoms with Gasteiger partial charge in [-0.1, -0.05) is 12.2 Å². The lowest BCUT2D eigenvalue weighted by Crippen LogP contribution is -2.30. The van der Waals surface area contributed by atoms with Gasteiger partial charge in [-0.25, -0.2) is 0 Å². The number of hydrogen-bond donors (Lipinski definition) is 2. The number of rotatable bonds is 7. The summed E-state index contributed by atoms with van der Waals surface area (Å²) in [5, 5.41) is 2.84. The number of benzene rings is 1. The third-order valence-corrected chi connectivity index (χ3v) is 3.33. The van der Waals surface area contributed by atoms with Crippen molar-refractivity contribution >= 4 is 23.1 Å². The van der Waals surface area contributed by atoms with E-state index in [9.17, 15) is 4.79 Å². The zero-order chi connectivity index (χ0) is 14.5. The highest BCUT2D eigenvalue weighted by molar-refractivity contribution is 7.80. The Kier molecular flexibility index (Phi) is 4.79. The Morgan fingerprint density at radius 2 is 2.20 bits per heavy atom. The maximum atomic E-state index is 11.6. The number of amides is 1. The molecule has 3 N–H and O–H groups in total. The van der Waals surface area contributed by atoms with Gasteiger partial charge in [0.1, 0.15) is 4.99 Å². The number of thiocarbonyl (C=S) groups is 1. The minimum absolute atomic E-state index is 0.0322. The monoisotopic (exact) mass is 294 g/mol. The van der Waals surface area contributed by atoms with Gasteiger partial charge >= 0.3 is 0 Å². The summed E-state index contributed by atoms with van der Waals surface area (Å²) in [6, 6.07) is 5.13. The summed E-state index contributed by atoms with van der Waals surface area (Å²) in [5.74, 6) is 1.52. The van der Waals surface area contributed by atoms with Gasteiger partial charge in [-0.3, -0.25) is 4.79 Å². The van der Waals surface area contributed by atoms with Crippen molar-refractivity contribution in [1.82, 2.24) is 5.32 Å². The standard InChI is InChI=1S/C14H18N2O3S/c1-18-12-6-10(14(15)20)4-5-11(12)19-8-13(17)16-7-9-2-3-9/h4-6,9H,2-3,7-8H2,1H3,(H2,15,20)(H,16,17). The molecule has 1 saturated carbocycles. The highest BCUT2D eigenvalue weighted by Gasteiger charge is 2.21. The highest BCUT2D eigenvalue weighted by atomic mass is 32.1. The van der Waals surface area contributed by atoms with Crippen molar-refractivity contribution in [3.63, 3.8) is 0 Å². The molecule has 6 heteroatoms. The lowest BCUT2D eigenvalue weighted by atomic mass is 10.2. The lowest BCUT2D eigenvalue weighted by Gasteiger charge is -2.12. The minimum Gasteiger partial charge on any atom is -0.493 e. The van der Waals surface area contributed by atoms with Crippen LogP contribution in [0.15, 0.2) is 18.2 Å². The summed E-state index contributed by atoms with van der Waals surface area (Å²) in [7, 11) is 1.53. The molecule has 0 aliphatic heterocycles. The molecule has 0 spiro atoms. The van der Waals surface area contributed by atoms with E-state index in [1.54, 1.807) is 18.2 Å². The van der Waals surface area contributed by atoms with E-state index in [4.69, 9.17) is 27.4 Å². The average molecular weight is 294 g/mol. The van der Waals surface area contributed by atoms with E-state index >= 15 is 0 Å². The number of ether oxygens (including phenoxy) is 2. The Morgan fingerprint density at radius 3 is 2.80 bits per heavy atom. The smallest absolute Gasteiger partial charge is 0.257 e. The molecule has 0 radical (unpaired) electrons. The molecule has 1 amide bonds. The van der Waals surface area contributed by atoms with E-state index < -0.39 is 0 Å². The zero-order valence-electron chi connectivity index (χ0n) is 11.3. The second kappa shape index (κ2) is 6.56. The van der Waals surface area contributed by atoms with Crippen LogP contribution in [0.4, 0.5) is 0 Å². The van der Waals surface area contributed by atoms with Gasteiger partial charge in [-0.2, -0.15) is 0 Å². The van der Waals surface area contributed by atoms with Crippen molar-refractivity contribution in [2.45, 2.75) is 12.8 Å². The SMILES string of the molecule is COc1cc(C(N)=S)ccc1OCC(=O)NCC1CC1. The van der Waals surface area contributed by atoms with Crippen LogP contribution in [0.25, 0.3) is 0 Å². The van der Waals surface area contributed by atoms with Crippen molar-refractivity contribution in [2.24, 2.45) is 11.7 Å². The van der Waals surface area contributed by atoms with Gasteiger partial charge in [-0.05, 0) is 37.0 Å². The van der Waals surface area contributed by atoms with Crippen LogP contribution in [0.2, 0.25) is 0 Å². The van der Waals surface area contributed by atoms with E-state index in [1.807, 2.05) is 0 Å². The maximum absolute atomic E-state index is 11.6. The maximum Gasteiger partial charge on any atom is 0.257 e. The molecule has 1 aliphatic rings. The number of nitrogens with one attached hydrogen (secondary N) is 1. The Labute approximate surface area is 123 Å². The molecule has 0 bridgehead atoms. The first-order chi connectivity index (χ1) is 9.60. The molecule has 20 heavy (non-hydrogen) atoms. The molecule has 0 unspecified atom stereocenters. The number of nitrogens with two attached hydrogens (primary N) is 1. The quantitative estimate of drug-likeness (QED) is 0.740. The van der Waals surface area contributed by atoms with Crippen LogP contribution in [0.3, 0.4) is 0 Å². The summed E-state index contributed by atoms with van der Waals surface area (Å²) in [6.45, 7) is 0.704. The van der Waals surface area contributed by atoms with Gasteiger partial charge in [0.25, 0.3) is 5.91 Å². The van der Waals surface area contributed by atoms with Crippen LogP contribution < -0.4 is 20.5 Å². The van der Waals surface area contributed by atoms with Crippen molar-refractivity contribution in [2.75, 3.05) is 20.3 Å². The van der Waals surface area contributed by atoms with Gasteiger partial charge in [0.15, 0.2) is 18.1 Å². The van der Waals surface area contributed by atoms with Crippen LogP contribution in [-0.4, -0.2) is 31.2 Å². The van der Waals surface area contributed by atoms with Gasteiger partial charge in [0.05, 0.1) is 7.11 Å². The van der Waals surface area contributed by atoms with Crippen LogP contribution in [0.5, 0.6) is 11.5 Å². The molecule has 2 rings (SSSR count). The van der Waals surface area contributed by atoms with Crippen molar-refractivity contribution < 1.29 is 14.3 Å². The Balaban J connectivity index is 1.90. The normalized spacial score (nSPS) is 13.7. The molecular formula is C14H18N2O3S. The number of methoxy groups -OCH3 is 1. The highest BCUT2D eigenvalue weighted by Crippen LogP contribution is 2.28. The fourth-order valence-corrected chi connectivity index (χ4v) is 1.84. The average Bonchev–Trinajstić information content (AvgIpc) is 3.26. The third-order valence-electron chi connectivity index (χ3n) is 3.09. The third kappa shape index (κ3) is 4.09. The van der Waals surface area contributed by atoms with E-state index in [1.165, 1.54) is 20.0 Å². The molecule has 5 nitrogen and oxygen atoms in total. The fourth-order valence-electron chi connectivity index (χ4n) is 1.71. The predicted molar refractivity (Wildman–Crippen MR) is 80.1 cm³/mol. The first-order valence-corrected chi connectivity index (χ1v) is 6.88. The summed E-state index contributed by atoms with van der Waals surface area (Å²) in [6.07, 6.45) is 2.41. The van der Waals surface area contributed by atoms with E-state index in [0.29, 0.717) is 23.0 Å². The predicted octanol–water partition coefficient (Wildman–Crippen LogP) is 1.23. The topological polar surface area (TPSA) is 73.6 Å². The molecule has 108 valence electrons. The first-order valence-electron chi connectivity index (χ1n) is 6.47. The molecule has 0 heterocycles. The molecule has 0 atom stereocenters. The van der Waals surface area contributed by atoms with E-state index in [2.05, 4.69) is 5.32 Å². The minimum atomic E-state index is -0.127. The fraction of sp³-hybridized carbons (Fsp3) is 0.429. The van der Waals surface area contributed by atoms with Crippen LogP contribution in [-0.2, 0) is 4.79 Å².